The van der Waals surface area contributed by atoms with Gasteiger partial charge in [0.05, 0.1) is 12.7 Å². The molecule has 0 aliphatic rings. The Morgan fingerprint density at radius 2 is 1.28 bits per heavy atom. The monoisotopic (exact) mass is 354 g/mol. The second-order valence-electron chi connectivity index (χ2n) is 6.71. The first-order valence-electron chi connectivity index (χ1n) is 9.97. The van der Waals surface area contributed by atoms with Gasteiger partial charge in [-0.2, -0.15) is 0 Å². The van der Waals surface area contributed by atoms with Crippen LogP contribution in [-0.2, 0) is 4.79 Å². The Balaban J connectivity index is 3.23. The maximum Gasteiger partial charge on any atom is 0.303 e. The third-order valence-corrected chi connectivity index (χ3v) is 4.24. The lowest BCUT2D eigenvalue weighted by Crippen LogP contribution is -2.10. The standard InChI is InChI=1S/C21H38O4/c22-19-20(23)17-15-13-11-9-7-5-3-1-2-4-6-8-10-12-14-16-18-21(24)25/h2-5,20,22-23H,1,6-19H2,(H,24,25). The van der Waals surface area contributed by atoms with Crippen LogP contribution in [-0.4, -0.2) is 34.0 Å². The van der Waals surface area contributed by atoms with Crippen LogP contribution >= 0.6 is 0 Å². The molecule has 0 spiro atoms. The van der Waals surface area contributed by atoms with Crippen LogP contribution in [0.4, 0.5) is 0 Å². The summed E-state index contributed by atoms with van der Waals surface area (Å²) in [4.78, 5) is 10.4. The number of unbranched alkanes of at least 4 members (excludes halogenated alkanes) is 9. The summed E-state index contributed by atoms with van der Waals surface area (Å²) in [5.41, 5.74) is 0. The van der Waals surface area contributed by atoms with Gasteiger partial charge in [0, 0.05) is 6.42 Å². The number of rotatable bonds is 18. The van der Waals surface area contributed by atoms with Crippen molar-refractivity contribution < 1.29 is 20.1 Å². The fourth-order valence-electron chi connectivity index (χ4n) is 2.66. The molecule has 0 saturated carbocycles. The number of hydrogen-bond donors (Lipinski definition) is 3. The summed E-state index contributed by atoms with van der Waals surface area (Å²) in [6.07, 6.45) is 22.5. The van der Waals surface area contributed by atoms with Gasteiger partial charge in [0.25, 0.3) is 0 Å². The van der Waals surface area contributed by atoms with Crippen LogP contribution in [0.15, 0.2) is 24.3 Å². The highest BCUT2D eigenvalue weighted by atomic mass is 16.4. The summed E-state index contributed by atoms with van der Waals surface area (Å²) in [5.74, 6) is -0.686. The van der Waals surface area contributed by atoms with Gasteiger partial charge in [-0.3, -0.25) is 4.79 Å². The number of carbonyl (C=O) groups is 1. The number of aliphatic hydroxyl groups excluding tert-OH is 2. The molecule has 0 rings (SSSR count). The Kier molecular flexibility index (Phi) is 18.3. The highest BCUT2D eigenvalue weighted by Crippen LogP contribution is 2.09. The van der Waals surface area contributed by atoms with Crippen LogP contribution in [0.3, 0.4) is 0 Å². The van der Waals surface area contributed by atoms with E-state index in [4.69, 9.17) is 10.2 Å². The predicted octanol–water partition coefficient (Wildman–Crippen LogP) is 5.00. The average molecular weight is 355 g/mol. The van der Waals surface area contributed by atoms with Crippen molar-refractivity contribution in [2.45, 2.75) is 96.0 Å². The Bertz CT molecular complexity index is 350. The van der Waals surface area contributed by atoms with Gasteiger partial charge >= 0.3 is 5.97 Å². The molecule has 0 aliphatic carbocycles. The normalized spacial score (nSPS) is 13.0. The fourth-order valence-corrected chi connectivity index (χ4v) is 2.66. The third kappa shape index (κ3) is 20.8. The molecule has 1 unspecified atom stereocenters. The Morgan fingerprint density at radius 3 is 1.84 bits per heavy atom. The number of allylic oxidation sites excluding steroid dienone is 4. The summed E-state index contributed by atoms with van der Waals surface area (Å²) < 4.78 is 0. The first kappa shape index (κ1) is 23.9. The lowest BCUT2D eigenvalue weighted by Gasteiger charge is -2.05. The zero-order valence-electron chi connectivity index (χ0n) is 15.7. The van der Waals surface area contributed by atoms with Crippen LogP contribution in [0.1, 0.15) is 89.9 Å². The molecule has 0 aromatic rings. The van der Waals surface area contributed by atoms with E-state index < -0.39 is 12.1 Å². The molecule has 0 bridgehead atoms. The van der Waals surface area contributed by atoms with E-state index >= 15 is 0 Å². The second-order valence-corrected chi connectivity index (χ2v) is 6.71. The first-order valence-corrected chi connectivity index (χ1v) is 9.97. The molecular weight excluding hydrogens is 316 g/mol. The zero-order valence-corrected chi connectivity index (χ0v) is 15.7. The number of aliphatic carboxylic acids is 1. The molecule has 0 heterocycles. The van der Waals surface area contributed by atoms with E-state index in [2.05, 4.69) is 24.3 Å². The zero-order chi connectivity index (χ0) is 18.6. The van der Waals surface area contributed by atoms with Gasteiger partial charge in [-0.05, 0) is 44.9 Å². The van der Waals surface area contributed by atoms with Crippen molar-refractivity contribution in [1.82, 2.24) is 0 Å². The van der Waals surface area contributed by atoms with Gasteiger partial charge in [-0.15, -0.1) is 0 Å². The van der Waals surface area contributed by atoms with Gasteiger partial charge in [-0.25, -0.2) is 0 Å². The average Bonchev–Trinajstić information content (AvgIpc) is 2.60. The largest absolute Gasteiger partial charge is 0.481 e. The van der Waals surface area contributed by atoms with E-state index in [1.54, 1.807) is 0 Å². The van der Waals surface area contributed by atoms with Gasteiger partial charge in [0.2, 0.25) is 0 Å². The molecule has 146 valence electrons. The summed E-state index contributed by atoms with van der Waals surface area (Å²) in [5, 5.41) is 26.5. The molecule has 4 nitrogen and oxygen atoms in total. The maximum atomic E-state index is 10.4. The van der Waals surface area contributed by atoms with E-state index in [0.29, 0.717) is 12.8 Å². The van der Waals surface area contributed by atoms with Crippen LogP contribution < -0.4 is 0 Å². The molecule has 0 radical (unpaired) electrons. The third-order valence-electron chi connectivity index (χ3n) is 4.24. The number of aliphatic hydroxyl groups is 2. The van der Waals surface area contributed by atoms with Crippen LogP contribution in [0.25, 0.3) is 0 Å². The predicted molar refractivity (Wildman–Crippen MR) is 104 cm³/mol. The van der Waals surface area contributed by atoms with Crippen molar-refractivity contribution in [2.24, 2.45) is 0 Å². The van der Waals surface area contributed by atoms with Crippen LogP contribution in [0.5, 0.6) is 0 Å². The smallest absolute Gasteiger partial charge is 0.303 e. The molecule has 0 fully saturated rings. The first-order chi connectivity index (χ1) is 12.2. The minimum Gasteiger partial charge on any atom is -0.481 e. The van der Waals surface area contributed by atoms with Crippen molar-refractivity contribution in [2.75, 3.05) is 6.61 Å². The number of carboxylic acids is 1. The minimum absolute atomic E-state index is 0.122. The summed E-state index contributed by atoms with van der Waals surface area (Å²) in [6.45, 7) is -0.122. The highest BCUT2D eigenvalue weighted by molar-refractivity contribution is 5.66. The fraction of sp³-hybridized carbons (Fsp3) is 0.762. The lowest BCUT2D eigenvalue weighted by atomic mass is 10.1. The molecule has 0 aromatic heterocycles. The van der Waals surface area contributed by atoms with E-state index in [1.807, 2.05) is 0 Å². The van der Waals surface area contributed by atoms with Crippen LogP contribution in [0.2, 0.25) is 0 Å². The lowest BCUT2D eigenvalue weighted by molar-refractivity contribution is -0.137. The van der Waals surface area contributed by atoms with Gasteiger partial charge in [0.1, 0.15) is 0 Å². The summed E-state index contributed by atoms with van der Waals surface area (Å²) in [6, 6.07) is 0. The van der Waals surface area contributed by atoms with Gasteiger partial charge in [-0.1, -0.05) is 62.8 Å². The van der Waals surface area contributed by atoms with Gasteiger partial charge < -0.3 is 15.3 Å². The van der Waals surface area contributed by atoms with Crippen molar-refractivity contribution >= 4 is 5.97 Å². The second kappa shape index (κ2) is 19.2. The minimum atomic E-state index is -0.686. The van der Waals surface area contributed by atoms with E-state index in [0.717, 1.165) is 51.4 Å². The summed E-state index contributed by atoms with van der Waals surface area (Å²) >= 11 is 0. The van der Waals surface area contributed by atoms with Crippen molar-refractivity contribution in [3.63, 3.8) is 0 Å². The number of carboxylic acid groups (broad SMARTS) is 1. The highest BCUT2D eigenvalue weighted by Gasteiger charge is 2.00. The van der Waals surface area contributed by atoms with E-state index in [1.165, 1.54) is 25.7 Å². The molecule has 4 heteroatoms. The molecule has 0 aromatic carbocycles. The number of hydrogen-bond acceptors (Lipinski definition) is 3. The molecule has 0 saturated heterocycles. The van der Waals surface area contributed by atoms with Crippen LogP contribution in [0, 0.1) is 0 Å². The van der Waals surface area contributed by atoms with Gasteiger partial charge in [0.15, 0.2) is 0 Å². The van der Waals surface area contributed by atoms with Crippen molar-refractivity contribution in [3.8, 4) is 0 Å². The molecule has 0 amide bonds. The van der Waals surface area contributed by atoms with E-state index in [-0.39, 0.29) is 6.61 Å². The Labute approximate surface area is 153 Å². The molecule has 25 heavy (non-hydrogen) atoms. The summed E-state index contributed by atoms with van der Waals surface area (Å²) in [7, 11) is 0. The molecule has 1 atom stereocenters. The molecule has 3 N–H and O–H groups in total. The topological polar surface area (TPSA) is 77.8 Å². The SMILES string of the molecule is O=C(O)CCCCCCCC=CCC=CCCCCCCC(O)CO. The van der Waals surface area contributed by atoms with Crippen molar-refractivity contribution in [3.05, 3.63) is 24.3 Å². The maximum absolute atomic E-state index is 10.4. The quantitative estimate of drug-likeness (QED) is 0.239. The van der Waals surface area contributed by atoms with E-state index in [9.17, 15) is 9.90 Å². The molecular formula is C21H38O4. The molecule has 0 aliphatic heterocycles. The Hall–Kier alpha value is -1.13. The Morgan fingerprint density at radius 1 is 0.760 bits per heavy atom. The van der Waals surface area contributed by atoms with Crippen molar-refractivity contribution in [1.29, 1.82) is 0 Å².